The lowest BCUT2D eigenvalue weighted by Gasteiger charge is -2.24. The Kier molecular flexibility index (Phi) is 5.49. The van der Waals surface area contributed by atoms with E-state index in [0.717, 1.165) is 48.2 Å². The van der Waals surface area contributed by atoms with E-state index in [-0.39, 0.29) is 6.04 Å². The summed E-state index contributed by atoms with van der Waals surface area (Å²) in [4.78, 5) is 12.2. The summed E-state index contributed by atoms with van der Waals surface area (Å²) in [5.41, 5.74) is 6.65. The van der Waals surface area contributed by atoms with Crippen molar-refractivity contribution in [3.8, 4) is 0 Å². The molecule has 2 aliphatic rings. The molecule has 0 unspecified atom stereocenters. The fourth-order valence-corrected chi connectivity index (χ4v) is 4.47. The fraction of sp³-hybridized carbons (Fsp3) is 0.214. The van der Waals surface area contributed by atoms with Gasteiger partial charge in [0.2, 0.25) is 0 Å². The summed E-state index contributed by atoms with van der Waals surface area (Å²) in [5, 5.41) is 7.16. The van der Waals surface area contributed by atoms with Crippen LogP contribution in [0.4, 0.5) is 5.69 Å². The molecule has 0 amide bonds. The molecule has 1 fully saturated rings. The molecule has 1 atom stereocenters. The van der Waals surface area contributed by atoms with Gasteiger partial charge >= 0.3 is 0 Å². The molecule has 0 bridgehead atoms. The van der Waals surface area contributed by atoms with Crippen LogP contribution in [0.3, 0.4) is 0 Å². The molecule has 0 N–H and O–H groups in total. The Morgan fingerprint density at radius 1 is 0.806 bits per heavy atom. The van der Waals surface area contributed by atoms with Gasteiger partial charge in [-0.3, -0.25) is 9.80 Å². The number of anilines is 1. The van der Waals surface area contributed by atoms with Crippen LogP contribution in [0.1, 0.15) is 54.8 Å². The highest BCUT2D eigenvalue weighted by Gasteiger charge is 2.29. The van der Waals surface area contributed by atoms with Gasteiger partial charge in [-0.25, -0.2) is 0 Å². The van der Waals surface area contributed by atoms with Gasteiger partial charge in [0, 0.05) is 12.8 Å². The van der Waals surface area contributed by atoms with Crippen LogP contribution < -0.4 is 5.01 Å². The van der Waals surface area contributed by atoms with Gasteiger partial charge < -0.3 is 0 Å². The quantitative estimate of drug-likeness (QED) is 0.459. The maximum Gasteiger partial charge on any atom is 0.158 e. The minimum atomic E-state index is 0.167. The predicted octanol–water partition coefficient (Wildman–Crippen LogP) is 6.57. The number of hydrogen-bond donors (Lipinski definition) is 0. The van der Waals surface area contributed by atoms with E-state index in [9.17, 15) is 4.79 Å². The van der Waals surface area contributed by atoms with Gasteiger partial charge in [-0.15, -0.1) is 0 Å². The molecule has 0 saturated heterocycles. The van der Waals surface area contributed by atoms with Gasteiger partial charge in [0.1, 0.15) is 0 Å². The largest absolute Gasteiger partial charge is 0.295 e. The van der Waals surface area contributed by atoms with Crippen molar-refractivity contribution in [2.45, 2.75) is 38.1 Å². The molecule has 3 aromatic carbocycles. The molecule has 0 aromatic heterocycles. The Hall–Kier alpha value is -3.46. The van der Waals surface area contributed by atoms with Gasteiger partial charge in [0.05, 0.1) is 17.4 Å². The van der Waals surface area contributed by atoms with Crippen molar-refractivity contribution < 1.29 is 4.79 Å². The number of carbonyl (C=O) groups is 1. The van der Waals surface area contributed by atoms with Gasteiger partial charge in [0.15, 0.2) is 5.78 Å². The zero-order chi connectivity index (χ0) is 21.0. The molecule has 5 rings (SSSR count). The number of hydrazone groups is 1. The smallest absolute Gasteiger partial charge is 0.158 e. The van der Waals surface area contributed by atoms with Crippen molar-refractivity contribution in [2.24, 2.45) is 5.10 Å². The number of carbonyl (C=O) groups excluding carboxylic acids is 1. The summed E-state index contributed by atoms with van der Waals surface area (Å²) in [6, 6.07) is 29.6. The summed E-state index contributed by atoms with van der Waals surface area (Å²) >= 11 is 0. The number of nitrogens with zero attached hydrogens (tertiary/aromatic N) is 2. The molecule has 1 heterocycles. The van der Waals surface area contributed by atoms with Gasteiger partial charge in [0.25, 0.3) is 0 Å². The second kappa shape index (κ2) is 8.73. The lowest BCUT2D eigenvalue weighted by molar-refractivity contribution is -0.116. The fourth-order valence-electron chi connectivity index (χ4n) is 4.47. The highest BCUT2D eigenvalue weighted by molar-refractivity contribution is 6.03. The minimum Gasteiger partial charge on any atom is -0.295 e. The van der Waals surface area contributed by atoms with Crippen molar-refractivity contribution in [3.63, 3.8) is 0 Å². The zero-order valence-electron chi connectivity index (χ0n) is 17.6. The maximum atomic E-state index is 12.2. The number of rotatable bonds is 4. The van der Waals surface area contributed by atoms with Crippen LogP contribution in [0.15, 0.2) is 95.6 Å². The highest BCUT2D eigenvalue weighted by atomic mass is 16.1. The van der Waals surface area contributed by atoms with E-state index in [1.54, 1.807) is 0 Å². The van der Waals surface area contributed by atoms with Crippen LogP contribution in [-0.2, 0) is 4.79 Å². The maximum absolute atomic E-state index is 12.2. The van der Waals surface area contributed by atoms with E-state index in [2.05, 4.69) is 89.9 Å². The monoisotopic (exact) mass is 406 g/mol. The summed E-state index contributed by atoms with van der Waals surface area (Å²) in [6.07, 6.45) is 6.64. The number of benzene rings is 3. The Morgan fingerprint density at radius 3 is 2.19 bits per heavy atom. The van der Waals surface area contributed by atoms with Crippen LogP contribution >= 0.6 is 0 Å². The lowest BCUT2D eigenvalue weighted by atomic mass is 9.92. The second-order valence-electron chi connectivity index (χ2n) is 8.28. The predicted molar refractivity (Wildman–Crippen MR) is 127 cm³/mol. The third-order valence-electron chi connectivity index (χ3n) is 6.16. The number of allylic oxidation sites excluding steroid dienone is 1. The molecule has 0 spiro atoms. The molecule has 3 nitrogen and oxygen atoms in total. The molecule has 0 radical (unpaired) electrons. The van der Waals surface area contributed by atoms with Gasteiger partial charge in [-0.05, 0) is 59.7 Å². The van der Waals surface area contributed by atoms with Crippen LogP contribution in [0.25, 0.3) is 6.08 Å². The molecule has 31 heavy (non-hydrogen) atoms. The molecule has 1 aliphatic carbocycles. The van der Waals surface area contributed by atoms with Crippen LogP contribution in [0, 0.1) is 0 Å². The first kappa shape index (κ1) is 19.5. The van der Waals surface area contributed by atoms with Crippen molar-refractivity contribution >= 4 is 23.3 Å². The normalized spacial score (nSPS) is 20.2. The van der Waals surface area contributed by atoms with E-state index >= 15 is 0 Å². The third kappa shape index (κ3) is 4.22. The average molecular weight is 407 g/mol. The first-order chi connectivity index (χ1) is 15.3. The Bertz CT molecular complexity index is 1110. The first-order valence-corrected chi connectivity index (χ1v) is 11.1. The van der Waals surface area contributed by atoms with Crippen molar-refractivity contribution in [3.05, 3.63) is 107 Å². The van der Waals surface area contributed by atoms with Gasteiger partial charge in [-0.2, -0.15) is 5.10 Å². The highest BCUT2D eigenvalue weighted by Crippen LogP contribution is 2.37. The third-order valence-corrected chi connectivity index (χ3v) is 6.16. The number of hydrogen-bond acceptors (Lipinski definition) is 3. The molecule has 1 saturated carbocycles. The summed E-state index contributed by atoms with van der Waals surface area (Å²) in [5.74, 6) is 0.302. The molecule has 1 aliphatic heterocycles. The van der Waals surface area contributed by atoms with Crippen LogP contribution in [0.5, 0.6) is 0 Å². The van der Waals surface area contributed by atoms with Crippen LogP contribution in [0.2, 0.25) is 0 Å². The molecule has 3 aromatic rings. The molecule has 3 heteroatoms. The Balaban J connectivity index is 1.46. The van der Waals surface area contributed by atoms with E-state index in [4.69, 9.17) is 5.10 Å². The topological polar surface area (TPSA) is 32.7 Å². The molecule has 154 valence electrons. The average Bonchev–Trinajstić information content (AvgIpc) is 3.28. The Morgan fingerprint density at radius 2 is 1.48 bits per heavy atom. The lowest BCUT2D eigenvalue weighted by Crippen LogP contribution is -2.18. The van der Waals surface area contributed by atoms with Crippen LogP contribution in [-0.4, -0.2) is 11.5 Å². The van der Waals surface area contributed by atoms with Crippen molar-refractivity contribution in [1.82, 2.24) is 0 Å². The standard InChI is InChI=1S/C28H26N2O/c31-28-14-8-7-13-24(28)19-21-15-17-25(18-16-21)30-27(23-11-5-2-6-12-23)20-26(29-30)22-9-3-1-4-10-22/h1-6,9-12,15-19,27H,7-8,13-14,20H2/b24-19+/t27-/m1/s1. The Labute approximate surface area is 183 Å². The van der Waals surface area contributed by atoms with E-state index in [0.29, 0.717) is 12.2 Å². The van der Waals surface area contributed by atoms with E-state index in [1.165, 1.54) is 11.1 Å². The SMILES string of the molecule is O=C1CCCC/C1=C\c1ccc(N2N=C(c3ccccc3)C[C@@H]2c2ccccc2)cc1. The first-order valence-electron chi connectivity index (χ1n) is 11.1. The number of Topliss-reactive ketones (excluding diaryl/α,β-unsaturated/α-hetero) is 1. The summed E-state index contributed by atoms with van der Waals surface area (Å²) in [6.45, 7) is 0. The summed E-state index contributed by atoms with van der Waals surface area (Å²) < 4.78 is 0. The van der Waals surface area contributed by atoms with Crippen molar-refractivity contribution in [2.75, 3.05) is 5.01 Å². The zero-order valence-corrected chi connectivity index (χ0v) is 17.6. The van der Waals surface area contributed by atoms with Crippen molar-refractivity contribution in [1.29, 1.82) is 0 Å². The van der Waals surface area contributed by atoms with E-state index < -0.39 is 0 Å². The molecular formula is C28H26N2O. The molecular weight excluding hydrogens is 380 g/mol. The number of ketones is 1. The second-order valence-corrected chi connectivity index (χ2v) is 8.28. The van der Waals surface area contributed by atoms with E-state index in [1.807, 2.05) is 6.07 Å². The van der Waals surface area contributed by atoms with Gasteiger partial charge in [-0.1, -0.05) is 72.8 Å². The minimum absolute atomic E-state index is 0.167. The summed E-state index contributed by atoms with van der Waals surface area (Å²) in [7, 11) is 0.